The second kappa shape index (κ2) is 7.11. The lowest BCUT2D eigenvalue weighted by Crippen LogP contribution is -2.30. The van der Waals surface area contributed by atoms with Crippen LogP contribution in [0.25, 0.3) is 0 Å². The maximum absolute atomic E-state index is 10.9. The van der Waals surface area contributed by atoms with E-state index in [0.29, 0.717) is 12.0 Å². The van der Waals surface area contributed by atoms with Gasteiger partial charge in [0.1, 0.15) is 0 Å². The van der Waals surface area contributed by atoms with Crippen LogP contribution < -0.4 is 5.32 Å². The fourth-order valence-electron chi connectivity index (χ4n) is 2.28. The highest BCUT2D eigenvalue weighted by Crippen LogP contribution is 2.23. The molecule has 0 aliphatic carbocycles. The highest BCUT2D eigenvalue weighted by Gasteiger charge is 2.17. The molecule has 0 spiro atoms. The molecule has 0 aliphatic rings. The first-order valence-electron chi connectivity index (χ1n) is 6.49. The van der Waals surface area contributed by atoms with Crippen LogP contribution in [0.1, 0.15) is 32.3 Å². The third kappa shape index (κ3) is 3.81. The van der Waals surface area contributed by atoms with Gasteiger partial charge in [-0.25, -0.2) is 0 Å². The van der Waals surface area contributed by atoms with Crippen LogP contribution in [0.3, 0.4) is 0 Å². The molecule has 0 bridgehead atoms. The topological polar surface area (TPSA) is 55.2 Å². The zero-order valence-electron chi connectivity index (χ0n) is 11.3. The number of aryl methyl sites for hydroxylation is 1. The van der Waals surface area contributed by atoms with Gasteiger partial charge < -0.3 is 5.32 Å². The average Bonchev–Trinajstić information content (AvgIpc) is 2.39. The van der Waals surface area contributed by atoms with Crippen molar-refractivity contribution in [2.45, 2.75) is 39.2 Å². The average molecular weight is 250 g/mol. The number of nitrogens with one attached hydrogen (secondary N) is 1. The summed E-state index contributed by atoms with van der Waals surface area (Å²) in [5.41, 5.74) is 1.08. The molecule has 1 aromatic rings. The van der Waals surface area contributed by atoms with Crippen LogP contribution in [-0.4, -0.2) is 18.0 Å². The molecule has 2 atom stereocenters. The molecule has 0 saturated carbocycles. The van der Waals surface area contributed by atoms with Gasteiger partial charge in [-0.15, -0.1) is 0 Å². The molecule has 0 saturated heterocycles. The van der Waals surface area contributed by atoms with Gasteiger partial charge in [0.05, 0.1) is 4.92 Å². The SMILES string of the molecule is CCC(CCc1ccccc1[N+](=O)[O-])C(C)NC. The van der Waals surface area contributed by atoms with E-state index in [1.54, 1.807) is 12.1 Å². The zero-order valence-corrected chi connectivity index (χ0v) is 11.3. The molecule has 2 unspecified atom stereocenters. The smallest absolute Gasteiger partial charge is 0.272 e. The van der Waals surface area contributed by atoms with Gasteiger partial charge in [-0.3, -0.25) is 10.1 Å². The molecule has 1 aromatic carbocycles. The standard InChI is InChI=1S/C14H22N2O2/c1-4-12(11(2)15-3)9-10-13-7-5-6-8-14(13)16(17)18/h5-8,11-12,15H,4,9-10H2,1-3H3. The van der Waals surface area contributed by atoms with Gasteiger partial charge in [-0.1, -0.05) is 31.5 Å². The first kappa shape index (κ1) is 14.6. The zero-order chi connectivity index (χ0) is 13.5. The summed E-state index contributed by atoms with van der Waals surface area (Å²) in [4.78, 5) is 10.6. The Balaban J connectivity index is 2.70. The maximum Gasteiger partial charge on any atom is 0.272 e. The summed E-state index contributed by atoms with van der Waals surface area (Å²) in [5.74, 6) is 0.551. The number of hydrogen-bond donors (Lipinski definition) is 1. The Labute approximate surface area is 109 Å². The summed E-state index contributed by atoms with van der Waals surface area (Å²) in [6.45, 7) is 4.32. The molecule has 0 amide bonds. The first-order chi connectivity index (χ1) is 8.60. The fourth-order valence-corrected chi connectivity index (χ4v) is 2.28. The Bertz CT molecular complexity index is 393. The van der Waals surface area contributed by atoms with Crippen LogP contribution in [-0.2, 0) is 6.42 Å². The molecule has 0 radical (unpaired) electrons. The second-order valence-electron chi connectivity index (χ2n) is 4.67. The minimum atomic E-state index is -0.294. The van der Waals surface area contributed by atoms with Crippen molar-refractivity contribution < 1.29 is 4.92 Å². The predicted molar refractivity (Wildman–Crippen MR) is 73.7 cm³/mol. The molecular formula is C14H22N2O2. The fraction of sp³-hybridized carbons (Fsp3) is 0.571. The third-order valence-electron chi connectivity index (χ3n) is 3.66. The molecule has 0 heterocycles. The summed E-state index contributed by atoms with van der Waals surface area (Å²) in [5, 5.41) is 14.2. The Morgan fingerprint density at radius 1 is 1.39 bits per heavy atom. The van der Waals surface area contributed by atoms with E-state index in [2.05, 4.69) is 19.2 Å². The summed E-state index contributed by atoms with van der Waals surface area (Å²) in [7, 11) is 1.96. The van der Waals surface area contributed by atoms with Crippen LogP contribution in [0.4, 0.5) is 5.69 Å². The molecule has 18 heavy (non-hydrogen) atoms. The number of nitro groups is 1. The number of hydrogen-bond acceptors (Lipinski definition) is 3. The maximum atomic E-state index is 10.9. The van der Waals surface area contributed by atoms with Crippen molar-refractivity contribution in [3.8, 4) is 0 Å². The lowest BCUT2D eigenvalue weighted by molar-refractivity contribution is -0.385. The highest BCUT2D eigenvalue weighted by atomic mass is 16.6. The summed E-state index contributed by atoms with van der Waals surface area (Å²) in [6.07, 6.45) is 2.83. The van der Waals surface area contributed by atoms with Gasteiger partial charge in [-0.2, -0.15) is 0 Å². The van der Waals surface area contributed by atoms with Gasteiger partial charge >= 0.3 is 0 Å². The molecule has 100 valence electrons. The summed E-state index contributed by atoms with van der Waals surface area (Å²) < 4.78 is 0. The van der Waals surface area contributed by atoms with Crippen molar-refractivity contribution in [1.82, 2.24) is 5.32 Å². The summed E-state index contributed by atoms with van der Waals surface area (Å²) in [6, 6.07) is 7.46. The van der Waals surface area contributed by atoms with Crippen LogP contribution in [0.15, 0.2) is 24.3 Å². The van der Waals surface area contributed by atoms with Crippen molar-refractivity contribution in [2.24, 2.45) is 5.92 Å². The van der Waals surface area contributed by atoms with Crippen LogP contribution >= 0.6 is 0 Å². The van der Waals surface area contributed by atoms with Crippen molar-refractivity contribution in [2.75, 3.05) is 7.05 Å². The van der Waals surface area contributed by atoms with Gasteiger partial charge in [0.15, 0.2) is 0 Å². The van der Waals surface area contributed by atoms with Gasteiger partial charge in [-0.05, 0) is 32.7 Å². The molecular weight excluding hydrogens is 228 g/mol. The lowest BCUT2D eigenvalue weighted by Gasteiger charge is -2.22. The number of para-hydroxylation sites is 1. The van der Waals surface area contributed by atoms with Crippen molar-refractivity contribution in [3.05, 3.63) is 39.9 Å². The van der Waals surface area contributed by atoms with Gasteiger partial charge in [0, 0.05) is 17.7 Å². The minimum absolute atomic E-state index is 0.240. The molecule has 0 aliphatic heterocycles. The monoisotopic (exact) mass is 250 g/mol. The van der Waals surface area contributed by atoms with Gasteiger partial charge in [0.2, 0.25) is 0 Å². The number of nitro benzene ring substituents is 1. The normalized spacial score (nSPS) is 14.2. The number of rotatable bonds is 7. The van der Waals surface area contributed by atoms with Crippen molar-refractivity contribution in [3.63, 3.8) is 0 Å². The Kier molecular flexibility index (Phi) is 5.78. The molecule has 0 fully saturated rings. The van der Waals surface area contributed by atoms with Crippen LogP contribution in [0.5, 0.6) is 0 Å². The van der Waals surface area contributed by atoms with Gasteiger partial charge in [0.25, 0.3) is 5.69 Å². The molecule has 4 nitrogen and oxygen atoms in total. The number of nitrogens with zero attached hydrogens (tertiary/aromatic N) is 1. The van der Waals surface area contributed by atoms with E-state index in [1.165, 1.54) is 0 Å². The first-order valence-corrected chi connectivity index (χ1v) is 6.49. The Morgan fingerprint density at radius 3 is 2.61 bits per heavy atom. The molecule has 4 heteroatoms. The van der Waals surface area contributed by atoms with E-state index in [4.69, 9.17) is 0 Å². The van der Waals surface area contributed by atoms with E-state index in [-0.39, 0.29) is 10.6 Å². The molecule has 1 N–H and O–H groups in total. The van der Waals surface area contributed by atoms with Crippen molar-refractivity contribution >= 4 is 5.69 Å². The second-order valence-corrected chi connectivity index (χ2v) is 4.67. The molecule has 0 aromatic heterocycles. The highest BCUT2D eigenvalue weighted by molar-refractivity contribution is 5.39. The summed E-state index contributed by atoms with van der Waals surface area (Å²) >= 11 is 0. The Hall–Kier alpha value is -1.42. The largest absolute Gasteiger partial charge is 0.317 e. The van der Waals surface area contributed by atoms with E-state index in [1.807, 2.05) is 19.2 Å². The van der Waals surface area contributed by atoms with E-state index >= 15 is 0 Å². The van der Waals surface area contributed by atoms with Crippen LogP contribution in [0, 0.1) is 16.0 Å². The quantitative estimate of drug-likeness (QED) is 0.597. The van der Waals surface area contributed by atoms with Crippen molar-refractivity contribution in [1.29, 1.82) is 0 Å². The van der Waals surface area contributed by atoms with E-state index < -0.39 is 0 Å². The number of benzene rings is 1. The predicted octanol–water partition coefficient (Wildman–Crippen LogP) is 3.16. The van der Waals surface area contributed by atoms with Crippen LogP contribution in [0.2, 0.25) is 0 Å². The van der Waals surface area contributed by atoms with E-state index in [9.17, 15) is 10.1 Å². The Morgan fingerprint density at radius 2 is 2.06 bits per heavy atom. The van der Waals surface area contributed by atoms with E-state index in [0.717, 1.165) is 24.8 Å². The molecule has 1 rings (SSSR count). The minimum Gasteiger partial charge on any atom is -0.317 e. The lowest BCUT2D eigenvalue weighted by atomic mass is 9.91. The third-order valence-corrected chi connectivity index (χ3v) is 3.66.